The van der Waals surface area contributed by atoms with Gasteiger partial charge in [-0.05, 0) is 19.1 Å². The Morgan fingerprint density at radius 1 is 1.41 bits per heavy atom. The molecule has 0 amide bonds. The van der Waals surface area contributed by atoms with Crippen LogP contribution in [0.1, 0.15) is 12.6 Å². The maximum absolute atomic E-state index is 11.6. The van der Waals surface area contributed by atoms with Gasteiger partial charge >= 0.3 is 15.3 Å². The van der Waals surface area contributed by atoms with E-state index < -0.39 is 9.28 Å². The van der Waals surface area contributed by atoms with Gasteiger partial charge in [-0.25, -0.2) is 0 Å². The van der Waals surface area contributed by atoms with Crippen LogP contribution in [0.15, 0.2) is 24.4 Å². The highest BCUT2D eigenvalue weighted by Crippen LogP contribution is 2.03. The molecule has 1 aromatic heterocycles. The van der Waals surface area contributed by atoms with Crippen molar-refractivity contribution in [1.82, 2.24) is 4.98 Å². The molecular formula is C11H17NO4Si. The average molecular weight is 255 g/mol. The minimum atomic E-state index is -1.91. The maximum Gasteiger partial charge on any atom is 0.363 e. The van der Waals surface area contributed by atoms with Crippen LogP contribution in [0.5, 0.6) is 0 Å². The fourth-order valence-electron chi connectivity index (χ4n) is 1.43. The van der Waals surface area contributed by atoms with Crippen LogP contribution in [-0.2, 0) is 24.8 Å². The van der Waals surface area contributed by atoms with Crippen molar-refractivity contribution in [3.05, 3.63) is 30.1 Å². The summed E-state index contributed by atoms with van der Waals surface area (Å²) in [5, 5.41) is 0. The first-order valence-electron chi connectivity index (χ1n) is 5.32. The largest absolute Gasteiger partial charge is 0.461 e. The number of esters is 1. The smallest absolute Gasteiger partial charge is 0.363 e. The summed E-state index contributed by atoms with van der Waals surface area (Å²) in [6.45, 7) is 1.78. The van der Waals surface area contributed by atoms with Crippen LogP contribution in [0.2, 0.25) is 0 Å². The molecule has 0 aliphatic carbocycles. The van der Waals surface area contributed by atoms with E-state index in [2.05, 4.69) is 4.98 Å². The lowest BCUT2D eigenvalue weighted by Gasteiger charge is -2.18. The highest BCUT2D eigenvalue weighted by molar-refractivity contribution is 6.46. The molecule has 6 heteroatoms. The minimum Gasteiger partial charge on any atom is -0.461 e. The molecule has 0 radical (unpaired) electrons. The van der Waals surface area contributed by atoms with Crippen LogP contribution >= 0.6 is 0 Å². The minimum absolute atomic E-state index is 0.166. The van der Waals surface area contributed by atoms with Gasteiger partial charge in [0.25, 0.3) is 0 Å². The Kier molecular flexibility index (Phi) is 5.82. The molecule has 17 heavy (non-hydrogen) atoms. The van der Waals surface area contributed by atoms with Crippen molar-refractivity contribution < 1.29 is 18.4 Å². The Hall–Kier alpha value is -1.24. The third kappa shape index (κ3) is 4.64. The van der Waals surface area contributed by atoms with Gasteiger partial charge in [-0.3, -0.25) is 9.78 Å². The quantitative estimate of drug-likeness (QED) is 0.550. The summed E-state index contributed by atoms with van der Waals surface area (Å²) in [6.07, 6.45) is 1.81. The van der Waals surface area contributed by atoms with E-state index in [1.54, 1.807) is 39.5 Å². The van der Waals surface area contributed by atoms with Crippen molar-refractivity contribution in [3.8, 4) is 0 Å². The number of aromatic nitrogens is 1. The molecule has 1 unspecified atom stereocenters. The van der Waals surface area contributed by atoms with Crippen LogP contribution in [0.3, 0.4) is 0 Å². The van der Waals surface area contributed by atoms with Crippen LogP contribution in [-0.4, -0.2) is 40.2 Å². The van der Waals surface area contributed by atoms with Crippen LogP contribution < -0.4 is 0 Å². The van der Waals surface area contributed by atoms with Crippen molar-refractivity contribution >= 4 is 15.3 Å². The van der Waals surface area contributed by atoms with Gasteiger partial charge in [-0.1, -0.05) is 6.07 Å². The summed E-state index contributed by atoms with van der Waals surface area (Å²) < 4.78 is 15.5. The van der Waals surface area contributed by atoms with E-state index in [0.29, 0.717) is 5.69 Å². The van der Waals surface area contributed by atoms with Gasteiger partial charge in [-0.15, -0.1) is 0 Å². The second-order valence-electron chi connectivity index (χ2n) is 3.53. The number of ether oxygens (including phenoxy) is 1. The standard InChI is InChI=1S/C11H17NO4Si/c1-9(17(14-2)15-3)16-11(13)8-10-6-4-5-7-12-10/h4-7,9,17H,8H2,1-3H3. The first-order chi connectivity index (χ1) is 8.17. The zero-order valence-corrected chi connectivity index (χ0v) is 11.4. The molecule has 0 aliphatic rings. The molecule has 94 valence electrons. The fourth-order valence-corrected chi connectivity index (χ4v) is 2.66. The van der Waals surface area contributed by atoms with Crippen LogP contribution in [0, 0.1) is 0 Å². The summed E-state index contributed by atoms with van der Waals surface area (Å²) in [4.78, 5) is 15.7. The number of pyridine rings is 1. The Morgan fingerprint density at radius 3 is 2.65 bits per heavy atom. The first kappa shape index (κ1) is 13.8. The fraction of sp³-hybridized carbons (Fsp3) is 0.455. The van der Waals surface area contributed by atoms with Crippen molar-refractivity contribution in [3.63, 3.8) is 0 Å². The molecule has 1 rings (SSSR count). The Labute approximate surface area is 103 Å². The van der Waals surface area contributed by atoms with Crippen LogP contribution in [0.4, 0.5) is 0 Å². The molecule has 0 spiro atoms. The molecule has 0 aliphatic heterocycles. The molecule has 1 heterocycles. The summed E-state index contributed by atoms with van der Waals surface area (Å²) in [6, 6.07) is 5.42. The Balaban J connectivity index is 2.44. The third-order valence-electron chi connectivity index (χ3n) is 2.22. The predicted molar refractivity (Wildman–Crippen MR) is 64.7 cm³/mol. The second-order valence-corrected chi connectivity index (χ2v) is 6.15. The third-order valence-corrected chi connectivity index (χ3v) is 4.05. The molecule has 0 N–H and O–H groups in total. The molecule has 0 fully saturated rings. The van der Waals surface area contributed by atoms with E-state index in [1.807, 2.05) is 6.07 Å². The number of nitrogens with zero attached hydrogens (tertiary/aromatic N) is 1. The van der Waals surface area contributed by atoms with E-state index in [-0.39, 0.29) is 18.1 Å². The molecule has 0 aromatic carbocycles. The normalized spacial score (nSPS) is 12.5. The van der Waals surface area contributed by atoms with E-state index in [1.165, 1.54) is 0 Å². The molecule has 0 saturated carbocycles. The maximum atomic E-state index is 11.6. The molecule has 5 nitrogen and oxygen atoms in total. The highest BCUT2D eigenvalue weighted by Gasteiger charge is 2.23. The van der Waals surface area contributed by atoms with Gasteiger partial charge in [0.05, 0.1) is 12.1 Å². The van der Waals surface area contributed by atoms with E-state index in [9.17, 15) is 4.79 Å². The zero-order chi connectivity index (χ0) is 12.7. The molecule has 1 atom stereocenters. The van der Waals surface area contributed by atoms with Crippen molar-refractivity contribution in [2.75, 3.05) is 14.2 Å². The van der Waals surface area contributed by atoms with Crippen molar-refractivity contribution in [2.45, 2.75) is 19.1 Å². The first-order valence-corrected chi connectivity index (χ1v) is 6.93. The second kappa shape index (κ2) is 7.15. The lowest BCUT2D eigenvalue weighted by atomic mass is 10.3. The van der Waals surface area contributed by atoms with E-state index in [0.717, 1.165) is 0 Å². The summed E-state index contributed by atoms with van der Waals surface area (Å²) in [5.41, 5.74) is 0.374. The monoisotopic (exact) mass is 255 g/mol. The van der Waals surface area contributed by atoms with Gasteiger partial charge in [-0.2, -0.15) is 0 Å². The number of hydrogen-bond donors (Lipinski definition) is 0. The number of rotatable bonds is 6. The Bertz CT molecular complexity index is 343. The SMILES string of the molecule is CO[SiH](OC)C(C)OC(=O)Cc1ccccn1. The van der Waals surface area contributed by atoms with E-state index in [4.69, 9.17) is 13.6 Å². The topological polar surface area (TPSA) is 57.7 Å². The molecule has 1 aromatic rings. The van der Waals surface area contributed by atoms with Gasteiger partial charge in [0, 0.05) is 20.4 Å². The molecule has 0 saturated heterocycles. The number of carbonyl (C=O) groups excluding carboxylic acids is 1. The van der Waals surface area contributed by atoms with Gasteiger partial charge in [0.15, 0.2) is 0 Å². The van der Waals surface area contributed by atoms with Gasteiger partial charge < -0.3 is 13.6 Å². The van der Waals surface area contributed by atoms with E-state index >= 15 is 0 Å². The molecular weight excluding hydrogens is 238 g/mol. The predicted octanol–water partition coefficient (Wildman–Crippen LogP) is 0.608. The summed E-state index contributed by atoms with van der Waals surface area (Å²) in [5.74, 6) is -0.317. The highest BCUT2D eigenvalue weighted by atomic mass is 28.3. The summed E-state index contributed by atoms with van der Waals surface area (Å²) in [7, 11) is 1.20. The lowest BCUT2D eigenvalue weighted by Crippen LogP contribution is -2.37. The average Bonchev–Trinajstić information content (AvgIpc) is 2.31. The zero-order valence-electron chi connectivity index (χ0n) is 10.3. The summed E-state index contributed by atoms with van der Waals surface area (Å²) >= 11 is 0. The van der Waals surface area contributed by atoms with Gasteiger partial charge in [0.2, 0.25) is 0 Å². The molecule has 0 bridgehead atoms. The Morgan fingerprint density at radius 2 is 2.12 bits per heavy atom. The lowest BCUT2D eigenvalue weighted by molar-refractivity contribution is -0.145. The van der Waals surface area contributed by atoms with Gasteiger partial charge in [0.1, 0.15) is 5.73 Å². The van der Waals surface area contributed by atoms with Crippen molar-refractivity contribution in [1.29, 1.82) is 0 Å². The number of hydrogen-bond acceptors (Lipinski definition) is 5. The van der Waals surface area contributed by atoms with Crippen LogP contribution in [0.25, 0.3) is 0 Å². The van der Waals surface area contributed by atoms with Crippen molar-refractivity contribution in [2.24, 2.45) is 0 Å². The number of carbonyl (C=O) groups is 1.